The second-order valence-electron chi connectivity index (χ2n) is 4.97. The first kappa shape index (κ1) is 13.0. The molecule has 1 N–H and O–H groups in total. The lowest BCUT2D eigenvalue weighted by molar-refractivity contribution is -0.146. The lowest BCUT2D eigenvalue weighted by Crippen LogP contribution is -2.50. The van der Waals surface area contributed by atoms with Gasteiger partial charge < -0.3 is 10.2 Å². The standard InChI is InChI=1S/C12H19N3O3/c1-8-9(2)12(18)15(11(8)17)7-10(16)14-5-3-13-4-6-14/h8-9,13H,3-7H2,1-2H3. The van der Waals surface area contributed by atoms with E-state index >= 15 is 0 Å². The van der Waals surface area contributed by atoms with Crippen LogP contribution in [0.2, 0.25) is 0 Å². The molecule has 6 nitrogen and oxygen atoms in total. The topological polar surface area (TPSA) is 69.7 Å². The molecule has 3 amide bonds. The molecular formula is C12H19N3O3. The zero-order valence-electron chi connectivity index (χ0n) is 10.8. The summed E-state index contributed by atoms with van der Waals surface area (Å²) in [5, 5.41) is 3.15. The molecule has 2 fully saturated rings. The second-order valence-corrected chi connectivity index (χ2v) is 4.97. The molecule has 0 aromatic heterocycles. The van der Waals surface area contributed by atoms with Gasteiger partial charge in [-0.25, -0.2) is 0 Å². The van der Waals surface area contributed by atoms with Crippen molar-refractivity contribution in [3.63, 3.8) is 0 Å². The highest BCUT2D eigenvalue weighted by atomic mass is 16.2. The zero-order valence-corrected chi connectivity index (χ0v) is 10.8. The minimum absolute atomic E-state index is 0.105. The summed E-state index contributed by atoms with van der Waals surface area (Å²) in [6.45, 7) is 6.17. The fourth-order valence-electron chi connectivity index (χ4n) is 2.33. The molecule has 100 valence electrons. The van der Waals surface area contributed by atoms with Crippen molar-refractivity contribution >= 4 is 17.7 Å². The Balaban J connectivity index is 1.98. The van der Waals surface area contributed by atoms with Gasteiger partial charge in [0.05, 0.1) is 0 Å². The first-order chi connectivity index (χ1) is 8.52. The summed E-state index contributed by atoms with van der Waals surface area (Å²) in [6, 6.07) is 0. The molecule has 2 saturated heterocycles. The third-order valence-electron chi connectivity index (χ3n) is 3.82. The van der Waals surface area contributed by atoms with Crippen molar-refractivity contribution in [3.05, 3.63) is 0 Å². The van der Waals surface area contributed by atoms with Crippen LogP contribution in [0, 0.1) is 11.8 Å². The largest absolute Gasteiger partial charge is 0.339 e. The number of hydrogen-bond donors (Lipinski definition) is 1. The van der Waals surface area contributed by atoms with Gasteiger partial charge in [0.1, 0.15) is 6.54 Å². The van der Waals surface area contributed by atoms with Crippen LogP contribution in [0.1, 0.15) is 13.8 Å². The average Bonchev–Trinajstić information content (AvgIpc) is 2.57. The van der Waals surface area contributed by atoms with Gasteiger partial charge in [0.2, 0.25) is 17.7 Å². The quantitative estimate of drug-likeness (QED) is 0.645. The molecule has 0 saturated carbocycles. The van der Waals surface area contributed by atoms with Gasteiger partial charge in [0.15, 0.2) is 0 Å². The Hall–Kier alpha value is -1.43. The Labute approximate surface area is 106 Å². The van der Waals surface area contributed by atoms with E-state index in [0.29, 0.717) is 13.1 Å². The number of nitrogens with zero attached hydrogens (tertiary/aromatic N) is 2. The maximum Gasteiger partial charge on any atom is 0.242 e. The summed E-state index contributed by atoms with van der Waals surface area (Å²) >= 11 is 0. The number of likely N-dealkylation sites (tertiary alicyclic amines) is 1. The monoisotopic (exact) mass is 253 g/mol. The predicted molar refractivity (Wildman–Crippen MR) is 64.5 cm³/mol. The van der Waals surface area contributed by atoms with Crippen LogP contribution in [-0.2, 0) is 14.4 Å². The maximum atomic E-state index is 12.0. The smallest absolute Gasteiger partial charge is 0.242 e. The summed E-state index contributed by atoms with van der Waals surface area (Å²) < 4.78 is 0. The van der Waals surface area contributed by atoms with E-state index in [4.69, 9.17) is 0 Å². The molecule has 6 heteroatoms. The number of imide groups is 1. The molecule has 2 aliphatic heterocycles. The van der Waals surface area contributed by atoms with Crippen molar-refractivity contribution in [2.24, 2.45) is 11.8 Å². The number of rotatable bonds is 2. The Bertz CT molecular complexity index is 357. The van der Waals surface area contributed by atoms with E-state index in [1.807, 2.05) is 0 Å². The van der Waals surface area contributed by atoms with Gasteiger partial charge in [-0.2, -0.15) is 0 Å². The molecule has 0 bridgehead atoms. The Morgan fingerprint density at radius 2 is 1.67 bits per heavy atom. The van der Waals surface area contributed by atoms with Gasteiger partial charge >= 0.3 is 0 Å². The first-order valence-electron chi connectivity index (χ1n) is 6.36. The van der Waals surface area contributed by atoms with Crippen LogP contribution >= 0.6 is 0 Å². The van der Waals surface area contributed by atoms with Crippen LogP contribution in [-0.4, -0.2) is 60.2 Å². The van der Waals surface area contributed by atoms with E-state index in [0.717, 1.165) is 18.0 Å². The molecule has 2 rings (SSSR count). The molecule has 0 aliphatic carbocycles. The van der Waals surface area contributed by atoms with Crippen molar-refractivity contribution in [1.29, 1.82) is 0 Å². The van der Waals surface area contributed by atoms with Gasteiger partial charge in [0.25, 0.3) is 0 Å². The number of piperazine rings is 1. The van der Waals surface area contributed by atoms with Crippen molar-refractivity contribution in [3.8, 4) is 0 Å². The Kier molecular flexibility index (Phi) is 3.65. The highest BCUT2D eigenvalue weighted by Crippen LogP contribution is 2.25. The van der Waals surface area contributed by atoms with Crippen LogP contribution in [0.15, 0.2) is 0 Å². The molecule has 0 aromatic rings. The molecule has 2 heterocycles. The second kappa shape index (κ2) is 5.06. The van der Waals surface area contributed by atoms with Gasteiger partial charge in [-0.1, -0.05) is 13.8 Å². The van der Waals surface area contributed by atoms with Gasteiger partial charge in [-0.3, -0.25) is 19.3 Å². The zero-order chi connectivity index (χ0) is 13.3. The molecular weight excluding hydrogens is 234 g/mol. The molecule has 0 aromatic carbocycles. The summed E-state index contributed by atoms with van der Waals surface area (Å²) in [4.78, 5) is 38.6. The van der Waals surface area contributed by atoms with Gasteiger partial charge in [-0.05, 0) is 0 Å². The molecule has 2 atom stereocenters. The van der Waals surface area contributed by atoms with Crippen molar-refractivity contribution < 1.29 is 14.4 Å². The third-order valence-corrected chi connectivity index (χ3v) is 3.82. The fraction of sp³-hybridized carbons (Fsp3) is 0.750. The Morgan fingerprint density at radius 3 is 2.17 bits per heavy atom. The summed E-state index contributed by atoms with van der Waals surface area (Å²) in [7, 11) is 0. The SMILES string of the molecule is CC1C(=O)N(CC(=O)N2CCNCC2)C(=O)C1C. The molecule has 18 heavy (non-hydrogen) atoms. The van der Waals surface area contributed by atoms with E-state index in [1.165, 1.54) is 0 Å². The lowest BCUT2D eigenvalue weighted by atomic mass is 10.00. The number of hydrogen-bond acceptors (Lipinski definition) is 4. The Morgan fingerprint density at radius 1 is 1.17 bits per heavy atom. The van der Waals surface area contributed by atoms with E-state index in [1.54, 1.807) is 18.7 Å². The highest BCUT2D eigenvalue weighted by molar-refractivity contribution is 6.06. The number of carbonyl (C=O) groups is 3. The van der Waals surface area contributed by atoms with E-state index in [2.05, 4.69) is 5.32 Å². The van der Waals surface area contributed by atoms with Crippen LogP contribution in [0.25, 0.3) is 0 Å². The van der Waals surface area contributed by atoms with Crippen molar-refractivity contribution in [2.75, 3.05) is 32.7 Å². The van der Waals surface area contributed by atoms with Crippen LogP contribution in [0.4, 0.5) is 0 Å². The summed E-state index contributed by atoms with van der Waals surface area (Å²) in [5.41, 5.74) is 0. The highest BCUT2D eigenvalue weighted by Gasteiger charge is 2.43. The summed E-state index contributed by atoms with van der Waals surface area (Å²) in [5.74, 6) is -1.21. The van der Waals surface area contributed by atoms with E-state index in [-0.39, 0.29) is 36.1 Å². The molecule has 2 unspecified atom stereocenters. The molecule has 2 aliphatic rings. The van der Waals surface area contributed by atoms with E-state index < -0.39 is 0 Å². The van der Waals surface area contributed by atoms with Crippen molar-refractivity contribution in [2.45, 2.75) is 13.8 Å². The van der Waals surface area contributed by atoms with Crippen molar-refractivity contribution in [1.82, 2.24) is 15.1 Å². The molecule has 0 spiro atoms. The molecule has 0 radical (unpaired) electrons. The number of carbonyl (C=O) groups excluding carboxylic acids is 3. The predicted octanol–water partition coefficient (Wildman–Crippen LogP) is -0.941. The normalized spacial score (nSPS) is 29.0. The van der Waals surface area contributed by atoms with E-state index in [9.17, 15) is 14.4 Å². The lowest BCUT2D eigenvalue weighted by Gasteiger charge is -2.28. The van der Waals surface area contributed by atoms with Crippen LogP contribution < -0.4 is 5.32 Å². The summed E-state index contributed by atoms with van der Waals surface area (Å²) in [6.07, 6.45) is 0. The third kappa shape index (κ3) is 2.25. The average molecular weight is 253 g/mol. The maximum absolute atomic E-state index is 12.0. The first-order valence-corrected chi connectivity index (χ1v) is 6.36. The number of nitrogens with one attached hydrogen (secondary N) is 1. The minimum atomic E-state index is -0.312. The van der Waals surface area contributed by atoms with Crippen LogP contribution in [0.3, 0.4) is 0 Å². The number of amides is 3. The minimum Gasteiger partial charge on any atom is -0.339 e. The van der Waals surface area contributed by atoms with Gasteiger partial charge in [0, 0.05) is 38.0 Å². The fourth-order valence-corrected chi connectivity index (χ4v) is 2.33. The van der Waals surface area contributed by atoms with Gasteiger partial charge in [-0.15, -0.1) is 0 Å². The van der Waals surface area contributed by atoms with Crippen LogP contribution in [0.5, 0.6) is 0 Å².